The van der Waals surface area contributed by atoms with Crippen molar-refractivity contribution >= 4 is 25.0 Å². The van der Waals surface area contributed by atoms with Crippen molar-refractivity contribution in [2.75, 3.05) is 26.0 Å². The molecule has 0 bridgehead atoms. The van der Waals surface area contributed by atoms with Crippen LogP contribution in [0.1, 0.15) is 6.92 Å². The van der Waals surface area contributed by atoms with Crippen molar-refractivity contribution in [1.29, 1.82) is 0 Å². The highest BCUT2D eigenvalue weighted by Crippen LogP contribution is 2.20. The summed E-state index contributed by atoms with van der Waals surface area (Å²) in [6.07, 6.45) is 0. The van der Waals surface area contributed by atoms with Crippen LogP contribution in [0.25, 0.3) is 0 Å². The lowest BCUT2D eigenvalue weighted by Crippen LogP contribution is -2.35. The molecule has 0 saturated heterocycles. The van der Waals surface area contributed by atoms with Crippen LogP contribution in [0.3, 0.4) is 0 Å². The number of aliphatic imine (C=N–C) groups is 1. The van der Waals surface area contributed by atoms with Gasteiger partial charge in [-0.25, -0.2) is 0 Å². The maximum Gasteiger partial charge on any atom is 0.673 e. The van der Waals surface area contributed by atoms with E-state index in [0.29, 0.717) is 19.0 Å². The molecule has 0 radical (unpaired) electrons. The van der Waals surface area contributed by atoms with E-state index in [2.05, 4.69) is 14.5 Å². The molecular formula is C7H13BFNO4S. The van der Waals surface area contributed by atoms with Gasteiger partial charge in [-0.15, -0.1) is 11.8 Å². The molecule has 0 saturated carbocycles. The molecule has 0 fully saturated rings. The highest BCUT2D eigenvalue weighted by molar-refractivity contribution is 8.00. The van der Waals surface area contributed by atoms with Gasteiger partial charge < -0.3 is 14.0 Å². The minimum absolute atomic E-state index is 0.452. The lowest BCUT2D eigenvalue weighted by atomic mass is 10.2. The highest BCUT2D eigenvalue weighted by Gasteiger charge is 2.31. The number of hydrogen-bond acceptors (Lipinski definition) is 6. The summed E-state index contributed by atoms with van der Waals surface area (Å²) < 4.78 is 26.9. The largest absolute Gasteiger partial charge is 0.673 e. The van der Waals surface area contributed by atoms with Gasteiger partial charge >= 0.3 is 7.32 Å². The predicted octanol–water partition coefficient (Wildman–Crippen LogP) is 1.04. The molecule has 8 heteroatoms. The molecule has 1 atom stereocenters. The minimum Gasteiger partial charge on any atom is -0.479 e. The van der Waals surface area contributed by atoms with Crippen LogP contribution in [0.15, 0.2) is 4.99 Å². The van der Waals surface area contributed by atoms with Crippen molar-refractivity contribution in [2.24, 2.45) is 4.99 Å². The molecular weight excluding hydrogens is 224 g/mol. The third-order valence-electron chi connectivity index (χ3n) is 1.62. The summed E-state index contributed by atoms with van der Waals surface area (Å²) in [6, 6.07) is 0. The van der Waals surface area contributed by atoms with Gasteiger partial charge in [-0.3, -0.25) is 4.99 Å². The second-order valence-electron chi connectivity index (χ2n) is 2.61. The van der Waals surface area contributed by atoms with Crippen LogP contribution in [0.5, 0.6) is 0 Å². The Morgan fingerprint density at radius 2 is 2.47 bits per heavy atom. The van der Waals surface area contributed by atoms with E-state index in [-0.39, 0.29) is 0 Å². The van der Waals surface area contributed by atoms with Crippen molar-refractivity contribution in [3.63, 3.8) is 0 Å². The molecule has 1 unspecified atom stereocenters. The zero-order valence-electron chi connectivity index (χ0n) is 8.64. The van der Waals surface area contributed by atoms with Crippen LogP contribution < -0.4 is 0 Å². The number of thioether (sulfide) groups is 1. The molecule has 1 aliphatic rings. The van der Waals surface area contributed by atoms with Crippen LogP contribution >= 0.6 is 11.8 Å². The molecule has 1 aliphatic heterocycles. The molecule has 1 heterocycles. The first-order chi connectivity index (χ1) is 7.31. The Morgan fingerprint density at radius 1 is 1.67 bits per heavy atom. The number of ether oxygens (including phenoxy) is 1. The van der Waals surface area contributed by atoms with E-state index in [1.54, 1.807) is 0 Å². The molecule has 86 valence electrons. The Bertz CT molecular complexity index is 217. The van der Waals surface area contributed by atoms with E-state index >= 15 is 0 Å². The van der Waals surface area contributed by atoms with Gasteiger partial charge in [0, 0.05) is 12.9 Å². The van der Waals surface area contributed by atoms with Crippen molar-refractivity contribution < 1.29 is 23.4 Å². The summed E-state index contributed by atoms with van der Waals surface area (Å²) >= 11 is 1.47. The number of rotatable bonds is 5. The second-order valence-corrected chi connectivity index (χ2v) is 3.77. The topological polar surface area (TPSA) is 49.3 Å². The van der Waals surface area contributed by atoms with E-state index in [1.807, 2.05) is 6.92 Å². The van der Waals surface area contributed by atoms with Gasteiger partial charge in [0.05, 0.1) is 13.2 Å². The molecule has 15 heavy (non-hydrogen) atoms. The Labute approximate surface area is 92.4 Å². The first kappa shape index (κ1) is 12.8. The van der Waals surface area contributed by atoms with Crippen LogP contribution in [0, 0.1) is 0 Å². The van der Waals surface area contributed by atoms with Crippen molar-refractivity contribution in [1.82, 2.24) is 0 Å². The maximum atomic E-state index is 11.9. The molecule has 0 amide bonds. The van der Waals surface area contributed by atoms with E-state index in [9.17, 15) is 4.53 Å². The standard InChI is InChI=1S/C7H13BFNO4S/c1-3-12-6-7(15-5-4-10-6)13-8(11-2)14-9/h7H,3-5H2,1-2H3. The Morgan fingerprint density at radius 3 is 3.07 bits per heavy atom. The smallest absolute Gasteiger partial charge is 0.479 e. The quantitative estimate of drug-likeness (QED) is 0.668. The average Bonchev–Trinajstić information content (AvgIpc) is 2.28. The van der Waals surface area contributed by atoms with Crippen molar-refractivity contribution in [3.8, 4) is 0 Å². The Hall–Kier alpha value is -0.305. The fourth-order valence-corrected chi connectivity index (χ4v) is 1.90. The third-order valence-corrected chi connectivity index (χ3v) is 2.66. The molecule has 1 rings (SSSR count). The molecule has 0 aromatic rings. The third kappa shape index (κ3) is 3.98. The van der Waals surface area contributed by atoms with Crippen LogP contribution in [0.2, 0.25) is 0 Å². The van der Waals surface area contributed by atoms with Crippen molar-refractivity contribution in [2.45, 2.75) is 12.4 Å². The fraction of sp³-hybridized carbons (Fsp3) is 0.857. The second kappa shape index (κ2) is 7.05. The lowest BCUT2D eigenvalue weighted by Gasteiger charge is -2.23. The molecule has 0 aliphatic carbocycles. The SMILES string of the molecule is CCOC1=NCCSC1OB(OC)OF. The zero-order valence-corrected chi connectivity index (χ0v) is 9.46. The van der Waals surface area contributed by atoms with Crippen LogP contribution in [-0.4, -0.2) is 44.7 Å². The van der Waals surface area contributed by atoms with Crippen LogP contribution in [0.4, 0.5) is 4.53 Å². The van der Waals surface area contributed by atoms with E-state index in [4.69, 9.17) is 9.39 Å². The van der Waals surface area contributed by atoms with Crippen molar-refractivity contribution in [3.05, 3.63) is 0 Å². The summed E-state index contributed by atoms with van der Waals surface area (Å²) in [5.41, 5.74) is -0.473. The number of nitrogens with zero attached hydrogens (tertiary/aromatic N) is 1. The number of halogens is 1. The summed E-state index contributed by atoms with van der Waals surface area (Å²) in [7, 11) is -0.0545. The fourth-order valence-electron chi connectivity index (χ4n) is 1.03. The van der Waals surface area contributed by atoms with E-state index < -0.39 is 12.8 Å². The van der Waals surface area contributed by atoms with Gasteiger partial charge in [0.1, 0.15) is 0 Å². The monoisotopic (exact) mass is 237 g/mol. The number of hydrogen-bond donors (Lipinski definition) is 0. The molecule has 0 N–H and O–H groups in total. The summed E-state index contributed by atoms with van der Waals surface area (Å²) in [5.74, 6) is 1.25. The van der Waals surface area contributed by atoms with Gasteiger partial charge in [0.2, 0.25) is 5.90 Å². The first-order valence-corrected chi connectivity index (χ1v) is 5.61. The molecule has 5 nitrogen and oxygen atoms in total. The molecule has 0 aromatic carbocycles. The predicted molar refractivity (Wildman–Crippen MR) is 56.2 cm³/mol. The van der Waals surface area contributed by atoms with Gasteiger partial charge in [0.15, 0.2) is 5.44 Å². The summed E-state index contributed by atoms with van der Waals surface area (Å²) in [5, 5.41) is 0. The van der Waals surface area contributed by atoms with Gasteiger partial charge in [0.25, 0.3) is 0 Å². The van der Waals surface area contributed by atoms with Gasteiger partial charge in [-0.1, -0.05) is 4.53 Å². The summed E-state index contributed by atoms with van der Waals surface area (Å²) in [4.78, 5) is 7.60. The van der Waals surface area contributed by atoms with E-state index in [0.717, 1.165) is 5.75 Å². The van der Waals surface area contributed by atoms with Gasteiger partial charge in [-0.2, -0.15) is 4.86 Å². The highest BCUT2D eigenvalue weighted by atomic mass is 32.2. The maximum absolute atomic E-state index is 11.9. The Balaban J connectivity index is 2.50. The van der Waals surface area contributed by atoms with E-state index in [1.165, 1.54) is 18.9 Å². The zero-order chi connectivity index (χ0) is 11.1. The van der Waals surface area contributed by atoms with Gasteiger partial charge in [-0.05, 0) is 6.92 Å². The normalized spacial score (nSPS) is 21.0. The Kier molecular flexibility index (Phi) is 6.00. The minimum atomic E-state index is -1.34. The molecule has 0 aromatic heterocycles. The summed E-state index contributed by atoms with van der Waals surface area (Å²) in [6.45, 7) is 3.01. The molecule has 0 spiro atoms. The van der Waals surface area contributed by atoms with Crippen LogP contribution in [-0.2, 0) is 18.9 Å². The lowest BCUT2D eigenvalue weighted by molar-refractivity contribution is -0.0719. The average molecular weight is 237 g/mol. The first-order valence-electron chi connectivity index (χ1n) is 4.56.